The minimum absolute atomic E-state index is 0.0992. The molecule has 82 valence electrons. The van der Waals surface area contributed by atoms with Gasteiger partial charge in [0.2, 0.25) is 0 Å². The third-order valence-electron chi connectivity index (χ3n) is 1.57. The maximum Gasteiger partial charge on any atom is 0.273 e. The molecule has 1 aromatic carbocycles. The number of non-ortho nitro benzene ring substituents is 1. The molecule has 0 saturated heterocycles. The predicted octanol–water partition coefficient (Wildman–Crippen LogP) is 0.00390. The van der Waals surface area contributed by atoms with Gasteiger partial charge in [-0.2, -0.15) is 4.99 Å². The summed E-state index contributed by atoms with van der Waals surface area (Å²) in [4.78, 5) is 20.2. The summed E-state index contributed by atoms with van der Waals surface area (Å²) in [6.07, 6.45) is 1.16. The molecule has 0 N–H and O–H groups in total. The Bertz CT molecular complexity index is 485. The molecule has 0 spiro atoms. The van der Waals surface area contributed by atoms with Gasteiger partial charge in [-0.15, -0.1) is 5.10 Å². The molecule has 1 heterocycles. The highest BCUT2D eigenvalue weighted by atomic mass is 17.3. The van der Waals surface area contributed by atoms with E-state index >= 15 is 0 Å². The molecule has 0 radical (unpaired) electrons. The van der Waals surface area contributed by atoms with E-state index in [1.165, 1.54) is 24.3 Å². The standard InChI is InChI=1S/C7H5N5O4/c13-12(14)6-2-1-3-7(4-6)15-16-11-5-8-9-10-11/h1-5H. The molecular weight excluding hydrogens is 218 g/mol. The van der Waals surface area contributed by atoms with Gasteiger partial charge in [-0.3, -0.25) is 15.0 Å². The van der Waals surface area contributed by atoms with Crippen molar-refractivity contribution >= 4 is 5.69 Å². The first-order chi connectivity index (χ1) is 7.75. The first kappa shape index (κ1) is 9.83. The Hall–Kier alpha value is -2.71. The fraction of sp³-hybridized carbons (Fsp3) is 0. The Morgan fingerprint density at radius 1 is 1.44 bits per heavy atom. The van der Waals surface area contributed by atoms with Gasteiger partial charge in [0.1, 0.15) is 0 Å². The van der Waals surface area contributed by atoms with E-state index in [9.17, 15) is 10.1 Å². The number of nitrogens with zero attached hydrogens (tertiary/aromatic N) is 5. The first-order valence-corrected chi connectivity index (χ1v) is 4.08. The summed E-state index contributed by atoms with van der Waals surface area (Å²) in [7, 11) is 0. The maximum absolute atomic E-state index is 10.5. The Labute approximate surface area is 88.2 Å². The third kappa shape index (κ3) is 2.20. The molecular formula is C7H5N5O4. The van der Waals surface area contributed by atoms with Crippen LogP contribution in [0.15, 0.2) is 30.6 Å². The SMILES string of the molecule is O=[N+]([O-])c1cccc(OOn2cnnn2)c1. The van der Waals surface area contributed by atoms with Gasteiger partial charge in [-0.1, -0.05) is 6.07 Å². The zero-order valence-corrected chi connectivity index (χ0v) is 7.76. The van der Waals surface area contributed by atoms with Gasteiger partial charge in [0.25, 0.3) is 5.69 Å². The van der Waals surface area contributed by atoms with Crippen molar-refractivity contribution in [2.24, 2.45) is 0 Å². The van der Waals surface area contributed by atoms with Crippen LogP contribution >= 0.6 is 0 Å². The summed E-state index contributed by atoms with van der Waals surface area (Å²) in [6, 6.07) is 5.52. The molecule has 0 unspecified atom stereocenters. The first-order valence-electron chi connectivity index (χ1n) is 4.08. The lowest BCUT2D eigenvalue weighted by atomic mass is 10.3. The molecule has 2 aromatic rings. The Morgan fingerprint density at radius 2 is 2.31 bits per heavy atom. The van der Waals surface area contributed by atoms with Crippen LogP contribution in [0.1, 0.15) is 0 Å². The van der Waals surface area contributed by atoms with Gasteiger partial charge in [0.15, 0.2) is 12.1 Å². The molecule has 0 fully saturated rings. The van der Waals surface area contributed by atoms with E-state index in [-0.39, 0.29) is 11.4 Å². The third-order valence-corrected chi connectivity index (χ3v) is 1.57. The summed E-state index contributed by atoms with van der Waals surface area (Å²) in [5.74, 6) is 0.171. The lowest BCUT2D eigenvalue weighted by Gasteiger charge is -2.01. The molecule has 9 heteroatoms. The van der Waals surface area contributed by atoms with Crippen molar-refractivity contribution in [3.8, 4) is 5.75 Å². The summed E-state index contributed by atoms with van der Waals surface area (Å²) in [5.41, 5.74) is -0.0992. The molecule has 0 aliphatic heterocycles. The number of aromatic nitrogens is 4. The van der Waals surface area contributed by atoms with Crippen LogP contribution in [0, 0.1) is 10.1 Å². The van der Waals surface area contributed by atoms with E-state index in [1.54, 1.807) is 0 Å². The molecule has 1 aromatic heterocycles. The zero-order chi connectivity index (χ0) is 11.4. The van der Waals surface area contributed by atoms with Crippen molar-refractivity contribution in [1.29, 1.82) is 0 Å². The van der Waals surface area contributed by atoms with Crippen LogP contribution in [-0.4, -0.2) is 25.3 Å². The van der Waals surface area contributed by atoms with E-state index in [0.29, 0.717) is 0 Å². The quantitative estimate of drug-likeness (QED) is 0.408. The number of nitro benzene ring substituents is 1. The topological polar surface area (TPSA) is 105 Å². The number of hydrogen-bond donors (Lipinski definition) is 0. The molecule has 9 nitrogen and oxygen atoms in total. The highest BCUT2D eigenvalue weighted by molar-refractivity contribution is 5.37. The summed E-state index contributed by atoms with van der Waals surface area (Å²) < 4.78 is 0. The molecule has 0 aliphatic rings. The van der Waals surface area contributed by atoms with Crippen molar-refractivity contribution < 1.29 is 14.8 Å². The van der Waals surface area contributed by atoms with Crippen LogP contribution in [0.2, 0.25) is 0 Å². The Kier molecular flexibility index (Phi) is 2.59. The lowest BCUT2D eigenvalue weighted by molar-refractivity contribution is -0.385. The summed E-state index contributed by atoms with van der Waals surface area (Å²) >= 11 is 0. The smallest absolute Gasteiger partial charge is 0.267 e. The van der Waals surface area contributed by atoms with Crippen LogP contribution < -0.4 is 9.88 Å². The molecule has 0 atom stereocenters. The fourth-order valence-corrected chi connectivity index (χ4v) is 0.917. The highest BCUT2D eigenvalue weighted by Crippen LogP contribution is 2.18. The fourth-order valence-electron chi connectivity index (χ4n) is 0.917. The summed E-state index contributed by atoms with van der Waals surface area (Å²) in [5, 5.41) is 20.4. The number of hydrogen-bond acceptors (Lipinski definition) is 7. The average molecular weight is 223 g/mol. The Morgan fingerprint density at radius 3 is 3.00 bits per heavy atom. The van der Waals surface area contributed by atoms with Crippen LogP contribution in [0.25, 0.3) is 0 Å². The lowest BCUT2D eigenvalue weighted by Crippen LogP contribution is -2.15. The van der Waals surface area contributed by atoms with Gasteiger partial charge in [-0.25, -0.2) is 0 Å². The second-order valence-electron chi connectivity index (χ2n) is 2.62. The normalized spacial score (nSPS) is 9.75. The van der Waals surface area contributed by atoms with Gasteiger partial charge < -0.3 is 0 Å². The van der Waals surface area contributed by atoms with Crippen LogP contribution in [-0.2, 0) is 0 Å². The minimum atomic E-state index is -0.538. The van der Waals surface area contributed by atoms with Crippen molar-refractivity contribution in [1.82, 2.24) is 20.4 Å². The van der Waals surface area contributed by atoms with Gasteiger partial charge in [0, 0.05) is 6.07 Å². The number of nitro groups is 1. The van der Waals surface area contributed by atoms with Crippen molar-refractivity contribution in [2.75, 3.05) is 0 Å². The molecule has 16 heavy (non-hydrogen) atoms. The van der Waals surface area contributed by atoms with E-state index in [1.807, 2.05) is 0 Å². The molecule has 0 amide bonds. The van der Waals surface area contributed by atoms with Crippen molar-refractivity contribution in [3.63, 3.8) is 0 Å². The van der Waals surface area contributed by atoms with Gasteiger partial charge in [0.05, 0.1) is 11.0 Å². The van der Waals surface area contributed by atoms with Crippen molar-refractivity contribution in [3.05, 3.63) is 40.7 Å². The highest BCUT2D eigenvalue weighted by Gasteiger charge is 2.07. The minimum Gasteiger partial charge on any atom is -0.267 e. The van der Waals surface area contributed by atoms with Gasteiger partial charge in [-0.05, 0) is 21.3 Å². The largest absolute Gasteiger partial charge is 0.273 e. The molecule has 0 saturated carbocycles. The van der Waals surface area contributed by atoms with E-state index in [0.717, 1.165) is 11.2 Å². The average Bonchev–Trinajstić information content (AvgIpc) is 2.79. The van der Waals surface area contributed by atoms with E-state index in [4.69, 9.17) is 4.89 Å². The van der Waals surface area contributed by atoms with Gasteiger partial charge >= 0.3 is 0 Å². The van der Waals surface area contributed by atoms with Crippen molar-refractivity contribution in [2.45, 2.75) is 0 Å². The van der Waals surface area contributed by atoms with Crippen LogP contribution in [0.3, 0.4) is 0 Å². The zero-order valence-electron chi connectivity index (χ0n) is 7.76. The van der Waals surface area contributed by atoms with Crippen LogP contribution in [0.5, 0.6) is 5.75 Å². The Balaban J connectivity index is 2.04. The predicted molar refractivity (Wildman–Crippen MR) is 48.1 cm³/mol. The number of tetrazole rings is 1. The summed E-state index contributed by atoms with van der Waals surface area (Å²) in [6.45, 7) is 0. The van der Waals surface area contributed by atoms with E-state index < -0.39 is 4.92 Å². The number of rotatable bonds is 4. The molecule has 2 rings (SSSR count). The molecule has 0 bridgehead atoms. The van der Waals surface area contributed by atoms with Crippen LogP contribution in [0.4, 0.5) is 5.69 Å². The molecule has 0 aliphatic carbocycles. The van der Waals surface area contributed by atoms with E-state index in [2.05, 4.69) is 20.5 Å². The second kappa shape index (κ2) is 4.21. The number of benzene rings is 1. The maximum atomic E-state index is 10.5. The second-order valence-corrected chi connectivity index (χ2v) is 2.62. The monoisotopic (exact) mass is 223 g/mol.